The summed E-state index contributed by atoms with van der Waals surface area (Å²) in [6, 6.07) is 9.28. The van der Waals surface area contributed by atoms with E-state index in [0.29, 0.717) is 22.3 Å². The first-order valence-corrected chi connectivity index (χ1v) is 9.49. The number of para-hydroxylation sites is 2. The highest BCUT2D eigenvalue weighted by atomic mass is 16.4. The van der Waals surface area contributed by atoms with Crippen LogP contribution in [0.5, 0.6) is 11.5 Å². The van der Waals surface area contributed by atoms with Crippen molar-refractivity contribution in [3.05, 3.63) is 58.7 Å². The number of rotatable bonds is 12. The molecule has 0 bridgehead atoms. The first-order valence-electron chi connectivity index (χ1n) is 9.49. The number of nitrogens with one attached hydrogen (secondary N) is 1. The molecule has 164 valence electrons. The SMILES string of the molecule is O=C(O)CN(Cc1cccc(CO)c1O)C(CO)CNCc1cccc(CO)c1O. The molecular formula is C21H28N2O7. The zero-order valence-corrected chi connectivity index (χ0v) is 16.5. The molecule has 0 spiro atoms. The first kappa shape index (κ1) is 23.6. The van der Waals surface area contributed by atoms with E-state index in [1.807, 2.05) is 0 Å². The monoisotopic (exact) mass is 420 g/mol. The van der Waals surface area contributed by atoms with Gasteiger partial charge >= 0.3 is 5.97 Å². The Bertz CT molecular complexity index is 844. The Morgan fingerprint density at radius 1 is 0.900 bits per heavy atom. The van der Waals surface area contributed by atoms with Gasteiger partial charge < -0.3 is 36.0 Å². The van der Waals surface area contributed by atoms with Gasteiger partial charge in [-0.2, -0.15) is 0 Å². The molecule has 7 N–H and O–H groups in total. The summed E-state index contributed by atoms with van der Waals surface area (Å²) in [4.78, 5) is 12.8. The highest BCUT2D eigenvalue weighted by Gasteiger charge is 2.22. The molecule has 0 saturated carbocycles. The number of hydrogen-bond acceptors (Lipinski definition) is 8. The Morgan fingerprint density at radius 2 is 1.43 bits per heavy atom. The second kappa shape index (κ2) is 11.5. The number of nitrogens with zero attached hydrogens (tertiary/aromatic N) is 1. The molecular weight excluding hydrogens is 392 g/mol. The van der Waals surface area contributed by atoms with Gasteiger partial charge in [-0.15, -0.1) is 0 Å². The maximum atomic E-state index is 11.3. The van der Waals surface area contributed by atoms with E-state index in [9.17, 15) is 35.4 Å². The third kappa shape index (κ3) is 6.15. The minimum Gasteiger partial charge on any atom is -0.507 e. The molecule has 1 atom stereocenters. The molecule has 0 radical (unpaired) electrons. The van der Waals surface area contributed by atoms with Crippen LogP contribution in [0.1, 0.15) is 22.3 Å². The third-order valence-electron chi connectivity index (χ3n) is 4.88. The minimum atomic E-state index is -1.08. The topological polar surface area (TPSA) is 154 Å². The van der Waals surface area contributed by atoms with Crippen molar-refractivity contribution in [2.45, 2.75) is 32.3 Å². The number of benzene rings is 2. The number of aromatic hydroxyl groups is 2. The maximum Gasteiger partial charge on any atom is 0.317 e. The van der Waals surface area contributed by atoms with Crippen LogP contribution < -0.4 is 5.32 Å². The first-order chi connectivity index (χ1) is 14.4. The maximum absolute atomic E-state index is 11.3. The standard InChI is InChI=1S/C21H28N2O7/c24-11-16-5-1-3-14(20(16)29)7-22-8-18(13-26)23(10-19(27)28)9-15-4-2-6-17(12-25)21(15)30/h1-6,18,22,24-26,29-30H,7-13H2,(H,27,28). The van der Waals surface area contributed by atoms with Gasteiger partial charge in [-0.3, -0.25) is 9.69 Å². The summed E-state index contributed by atoms with van der Waals surface area (Å²) in [6.07, 6.45) is 0. The fraction of sp³-hybridized carbons (Fsp3) is 0.381. The number of aliphatic hydroxyl groups is 3. The molecule has 1 unspecified atom stereocenters. The molecule has 9 nitrogen and oxygen atoms in total. The summed E-state index contributed by atoms with van der Waals surface area (Å²) in [6.45, 7) is -0.800. The zero-order chi connectivity index (χ0) is 22.1. The van der Waals surface area contributed by atoms with Gasteiger partial charge in [-0.1, -0.05) is 36.4 Å². The Hall–Kier alpha value is -2.69. The molecule has 0 amide bonds. The summed E-state index contributed by atoms with van der Waals surface area (Å²) < 4.78 is 0. The van der Waals surface area contributed by atoms with Gasteiger partial charge in [0.1, 0.15) is 11.5 Å². The van der Waals surface area contributed by atoms with E-state index in [-0.39, 0.29) is 57.5 Å². The number of carboxylic acid groups (broad SMARTS) is 1. The Kier molecular flexibility index (Phi) is 9.03. The molecule has 2 aromatic rings. The van der Waals surface area contributed by atoms with Gasteiger partial charge in [0, 0.05) is 47.9 Å². The highest BCUT2D eigenvalue weighted by Crippen LogP contribution is 2.25. The Balaban J connectivity index is 2.10. The number of aliphatic carboxylic acids is 1. The molecule has 2 rings (SSSR count). The molecule has 0 aliphatic carbocycles. The van der Waals surface area contributed by atoms with E-state index in [2.05, 4.69) is 5.32 Å². The summed E-state index contributed by atoms with van der Waals surface area (Å²) in [5.74, 6) is -1.20. The normalized spacial score (nSPS) is 12.3. The van der Waals surface area contributed by atoms with Crippen LogP contribution in [0.4, 0.5) is 0 Å². The lowest BCUT2D eigenvalue weighted by molar-refractivity contribution is -0.139. The van der Waals surface area contributed by atoms with E-state index in [0.717, 1.165) is 0 Å². The van der Waals surface area contributed by atoms with E-state index in [1.165, 1.54) is 4.90 Å². The van der Waals surface area contributed by atoms with E-state index >= 15 is 0 Å². The van der Waals surface area contributed by atoms with Crippen LogP contribution in [0, 0.1) is 0 Å². The van der Waals surface area contributed by atoms with Crippen molar-refractivity contribution >= 4 is 5.97 Å². The van der Waals surface area contributed by atoms with Gasteiger partial charge in [0.05, 0.1) is 26.4 Å². The van der Waals surface area contributed by atoms with Crippen LogP contribution in [-0.4, -0.2) is 67.2 Å². The molecule has 0 heterocycles. The van der Waals surface area contributed by atoms with Crippen LogP contribution in [0.25, 0.3) is 0 Å². The lowest BCUT2D eigenvalue weighted by Crippen LogP contribution is -2.46. The average molecular weight is 420 g/mol. The number of hydrogen-bond donors (Lipinski definition) is 7. The van der Waals surface area contributed by atoms with E-state index in [1.54, 1.807) is 36.4 Å². The average Bonchev–Trinajstić information content (AvgIpc) is 2.73. The summed E-state index contributed by atoms with van der Waals surface area (Å²) >= 11 is 0. The van der Waals surface area contributed by atoms with Crippen LogP contribution in [0.3, 0.4) is 0 Å². The van der Waals surface area contributed by atoms with Crippen LogP contribution in [0.15, 0.2) is 36.4 Å². The Morgan fingerprint density at radius 3 is 1.97 bits per heavy atom. The lowest BCUT2D eigenvalue weighted by Gasteiger charge is -2.30. The number of carbonyl (C=O) groups is 1. The fourth-order valence-corrected chi connectivity index (χ4v) is 3.20. The highest BCUT2D eigenvalue weighted by molar-refractivity contribution is 5.69. The summed E-state index contributed by atoms with van der Waals surface area (Å²) in [7, 11) is 0. The van der Waals surface area contributed by atoms with Gasteiger partial charge in [0.15, 0.2) is 0 Å². The van der Waals surface area contributed by atoms with Crippen LogP contribution in [-0.2, 0) is 31.1 Å². The molecule has 0 aliphatic heterocycles. The predicted molar refractivity (Wildman–Crippen MR) is 109 cm³/mol. The van der Waals surface area contributed by atoms with E-state index < -0.39 is 12.0 Å². The molecule has 30 heavy (non-hydrogen) atoms. The summed E-state index contributed by atoms with van der Waals surface area (Å²) in [5, 5.41) is 61.1. The van der Waals surface area contributed by atoms with Gasteiger partial charge in [-0.25, -0.2) is 0 Å². The summed E-state index contributed by atoms with van der Waals surface area (Å²) in [5.41, 5.74) is 1.74. The van der Waals surface area contributed by atoms with Crippen molar-refractivity contribution in [3.63, 3.8) is 0 Å². The quantitative estimate of drug-likeness (QED) is 0.254. The smallest absolute Gasteiger partial charge is 0.317 e. The van der Waals surface area contributed by atoms with Crippen molar-refractivity contribution in [2.24, 2.45) is 0 Å². The minimum absolute atomic E-state index is 0.0128. The number of phenols is 2. The molecule has 2 aromatic carbocycles. The van der Waals surface area contributed by atoms with Gasteiger partial charge in [0.2, 0.25) is 0 Å². The number of carboxylic acids is 1. The molecule has 0 aromatic heterocycles. The van der Waals surface area contributed by atoms with E-state index in [4.69, 9.17) is 0 Å². The van der Waals surface area contributed by atoms with Crippen LogP contribution in [0.2, 0.25) is 0 Å². The van der Waals surface area contributed by atoms with Crippen molar-refractivity contribution in [2.75, 3.05) is 19.7 Å². The second-order valence-electron chi connectivity index (χ2n) is 6.93. The van der Waals surface area contributed by atoms with Crippen molar-refractivity contribution in [1.29, 1.82) is 0 Å². The molecule has 0 aliphatic rings. The molecule has 9 heteroatoms. The molecule has 0 saturated heterocycles. The lowest BCUT2D eigenvalue weighted by atomic mass is 10.1. The largest absolute Gasteiger partial charge is 0.507 e. The Labute approximate surface area is 174 Å². The van der Waals surface area contributed by atoms with Crippen molar-refractivity contribution < 1.29 is 35.4 Å². The number of aliphatic hydroxyl groups excluding tert-OH is 3. The van der Waals surface area contributed by atoms with Crippen molar-refractivity contribution in [1.82, 2.24) is 10.2 Å². The zero-order valence-electron chi connectivity index (χ0n) is 16.5. The molecule has 0 fully saturated rings. The van der Waals surface area contributed by atoms with Crippen molar-refractivity contribution in [3.8, 4) is 11.5 Å². The van der Waals surface area contributed by atoms with Crippen LogP contribution >= 0.6 is 0 Å². The third-order valence-corrected chi connectivity index (χ3v) is 4.88. The fourth-order valence-electron chi connectivity index (χ4n) is 3.20. The predicted octanol–water partition coefficient (Wildman–Crippen LogP) is 0.120. The second-order valence-corrected chi connectivity index (χ2v) is 6.93. The van der Waals surface area contributed by atoms with Gasteiger partial charge in [-0.05, 0) is 0 Å². The van der Waals surface area contributed by atoms with Gasteiger partial charge in [0.25, 0.3) is 0 Å².